The van der Waals surface area contributed by atoms with Gasteiger partial charge in [-0.3, -0.25) is 4.79 Å². The number of anilines is 1. The summed E-state index contributed by atoms with van der Waals surface area (Å²) < 4.78 is 11.3. The summed E-state index contributed by atoms with van der Waals surface area (Å²) in [5.74, 6) is 1.11. The minimum atomic E-state index is -0.176. The van der Waals surface area contributed by atoms with E-state index in [9.17, 15) is 4.79 Å². The largest absolute Gasteiger partial charge is 0.493 e. The Kier molecular flexibility index (Phi) is 8.29. The first-order valence-electron chi connectivity index (χ1n) is 10.6. The SMILES string of the molecule is CCCCc1ccc(NC(=O)C=Cc2ccc(OCc3ccccc3)c(OC)c2)cc1. The molecule has 0 aliphatic carbocycles. The summed E-state index contributed by atoms with van der Waals surface area (Å²) in [6.07, 6.45) is 6.69. The maximum atomic E-state index is 12.3. The van der Waals surface area contributed by atoms with Gasteiger partial charge in [-0.05, 0) is 59.9 Å². The van der Waals surface area contributed by atoms with Crippen LogP contribution in [0.15, 0.2) is 78.9 Å². The van der Waals surface area contributed by atoms with Crippen LogP contribution in [0.25, 0.3) is 6.08 Å². The average molecular weight is 416 g/mol. The van der Waals surface area contributed by atoms with E-state index in [2.05, 4.69) is 24.4 Å². The number of carbonyl (C=O) groups excluding carboxylic acids is 1. The summed E-state index contributed by atoms with van der Waals surface area (Å²) in [5, 5.41) is 2.89. The van der Waals surface area contributed by atoms with Crippen molar-refractivity contribution in [1.82, 2.24) is 0 Å². The van der Waals surface area contributed by atoms with E-state index in [-0.39, 0.29) is 5.91 Å². The van der Waals surface area contributed by atoms with Crippen molar-refractivity contribution in [1.29, 1.82) is 0 Å². The highest BCUT2D eigenvalue weighted by Gasteiger charge is 2.06. The van der Waals surface area contributed by atoms with Gasteiger partial charge in [0.25, 0.3) is 0 Å². The summed E-state index contributed by atoms with van der Waals surface area (Å²) in [5.41, 5.74) is 4.02. The van der Waals surface area contributed by atoms with E-state index in [1.54, 1.807) is 13.2 Å². The predicted octanol–water partition coefficient (Wildman–Crippen LogP) is 6.27. The number of methoxy groups -OCH3 is 1. The molecule has 0 saturated heterocycles. The molecule has 0 unspecified atom stereocenters. The van der Waals surface area contributed by atoms with Crippen molar-refractivity contribution in [3.05, 3.63) is 95.6 Å². The lowest BCUT2D eigenvalue weighted by Crippen LogP contribution is -2.07. The van der Waals surface area contributed by atoms with Gasteiger partial charge in [0.1, 0.15) is 6.61 Å². The summed E-state index contributed by atoms with van der Waals surface area (Å²) in [4.78, 5) is 12.3. The first-order valence-corrected chi connectivity index (χ1v) is 10.6. The van der Waals surface area contributed by atoms with Crippen molar-refractivity contribution in [3.8, 4) is 11.5 Å². The Morgan fingerprint density at radius 3 is 2.42 bits per heavy atom. The Hall–Kier alpha value is -3.53. The quantitative estimate of drug-likeness (QED) is 0.397. The number of nitrogens with one attached hydrogen (secondary N) is 1. The molecule has 1 N–H and O–H groups in total. The highest BCUT2D eigenvalue weighted by Crippen LogP contribution is 2.29. The zero-order chi connectivity index (χ0) is 21.9. The van der Waals surface area contributed by atoms with Crippen LogP contribution in [-0.4, -0.2) is 13.0 Å². The number of benzene rings is 3. The molecule has 0 fully saturated rings. The van der Waals surface area contributed by atoms with Crippen LogP contribution < -0.4 is 14.8 Å². The van der Waals surface area contributed by atoms with E-state index < -0.39 is 0 Å². The standard InChI is InChI=1S/C27H29NO3/c1-3-4-8-21-11-15-24(16-12-21)28-27(29)18-14-22-13-17-25(26(19-22)30-2)31-20-23-9-6-5-7-10-23/h5-7,9-19H,3-4,8,20H2,1-2H3,(H,28,29). The van der Waals surface area contributed by atoms with E-state index >= 15 is 0 Å². The molecule has 0 aliphatic heterocycles. The van der Waals surface area contributed by atoms with Gasteiger partial charge in [-0.1, -0.05) is 61.9 Å². The molecule has 0 saturated carbocycles. The first-order chi connectivity index (χ1) is 15.2. The fraction of sp³-hybridized carbons (Fsp3) is 0.222. The van der Waals surface area contributed by atoms with Crippen molar-refractivity contribution in [2.45, 2.75) is 32.8 Å². The number of carbonyl (C=O) groups is 1. The summed E-state index contributed by atoms with van der Waals surface area (Å²) in [6.45, 7) is 2.65. The minimum Gasteiger partial charge on any atom is -0.493 e. The molecule has 0 aliphatic rings. The van der Waals surface area contributed by atoms with Gasteiger partial charge in [0.15, 0.2) is 11.5 Å². The lowest BCUT2D eigenvalue weighted by Gasteiger charge is -2.11. The minimum absolute atomic E-state index is 0.176. The lowest BCUT2D eigenvalue weighted by molar-refractivity contribution is -0.111. The summed E-state index contributed by atoms with van der Waals surface area (Å²) in [7, 11) is 1.61. The van der Waals surface area contributed by atoms with Gasteiger partial charge < -0.3 is 14.8 Å². The normalized spacial score (nSPS) is 10.8. The van der Waals surface area contributed by atoms with Gasteiger partial charge in [0, 0.05) is 11.8 Å². The van der Waals surface area contributed by atoms with Crippen LogP contribution in [0.1, 0.15) is 36.5 Å². The first kappa shape index (κ1) is 22.2. The Balaban J connectivity index is 1.57. The molecule has 4 heteroatoms. The molecule has 0 atom stereocenters. The Labute approximate surface area is 184 Å². The molecule has 0 aromatic heterocycles. The second-order valence-electron chi connectivity index (χ2n) is 7.31. The number of aryl methyl sites for hydroxylation is 1. The zero-order valence-corrected chi connectivity index (χ0v) is 18.1. The molecular formula is C27H29NO3. The van der Waals surface area contributed by atoms with Crippen LogP contribution in [0.4, 0.5) is 5.69 Å². The van der Waals surface area contributed by atoms with Gasteiger partial charge in [-0.15, -0.1) is 0 Å². The average Bonchev–Trinajstić information content (AvgIpc) is 2.82. The van der Waals surface area contributed by atoms with Crippen molar-refractivity contribution in [2.75, 3.05) is 12.4 Å². The molecule has 1 amide bonds. The van der Waals surface area contributed by atoms with Crippen molar-refractivity contribution < 1.29 is 14.3 Å². The van der Waals surface area contributed by atoms with Gasteiger partial charge in [0.05, 0.1) is 7.11 Å². The number of hydrogen-bond acceptors (Lipinski definition) is 3. The molecule has 0 spiro atoms. The number of rotatable bonds is 10. The Bertz CT molecular complexity index is 995. The zero-order valence-electron chi connectivity index (χ0n) is 18.1. The monoisotopic (exact) mass is 415 g/mol. The highest BCUT2D eigenvalue weighted by molar-refractivity contribution is 6.01. The molecular weight excluding hydrogens is 386 g/mol. The molecule has 3 aromatic carbocycles. The maximum Gasteiger partial charge on any atom is 0.248 e. The van der Waals surface area contributed by atoms with E-state index in [0.717, 1.165) is 23.2 Å². The molecule has 0 heterocycles. The molecule has 3 rings (SSSR count). The van der Waals surface area contributed by atoms with Gasteiger partial charge in [0.2, 0.25) is 5.91 Å². The second-order valence-corrected chi connectivity index (χ2v) is 7.31. The molecule has 4 nitrogen and oxygen atoms in total. The third-order valence-electron chi connectivity index (χ3n) is 4.89. The highest BCUT2D eigenvalue weighted by atomic mass is 16.5. The van der Waals surface area contributed by atoms with Gasteiger partial charge in [-0.2, -0.15) is 0 Å². The second kappa shape index (κ2) is 11.6. The molecule has 160 valence electrons. The third kappa shape index (κ3) is 7.03. The Morgan fingerprint density at radius 2 is 1.71 bits per heavy atom. The lowest BCUT2D eigenvalue weighted by atomic mass is 10.1. The smallest absolute Gasteiger partial charge is 0.248 e. The molecule has 3 aromatic rings. The number of hydrogen-bond donors (Lipinski definition) is 1. The van der Waals surface area contributed by atoms with Crippen LogP contribution in [-0.2, 0) is 17.8 Å². The van der Waals surface area contributed by atoms with Crippen LogP contribution in [0.5, 0.6) is 11.5 Å². The van der Waals surface area contributed by atoms with E-state index in [1.165, 1.54) is 24.5 Å². The topological polar surface area (TPSA) is 47.6 Å². The van der Waals surface area contributed by atoms with Crippen LogP contribution >= 0.6 is 0 Å². The van der Waals surface area contributed by atoms with Crippen molar-refractivity contribution in [2.24, 2.45) is 0 Å². The van der Waals surface area contributed by atoms with E-state index in [4.69, 9.17) is 9.47 Å². The number of unbranched alkanes of at least 4 members (excludes halogenated alkanes) is 1. The number of amides is 1. The third-order valence-corrected chi connectivity index (χ3v) is 4.89. The van der Waals surface area contributed by atoms with Crippen LogP contribution in [0.2, 0.25) is 0 Å². The van der Waals surface area contributed by atoms with Crippen LogP contribution in [0.3, 0.4) is 0 Å². The van der Waals surface area contributed by atoms with Gasteiger partial charge in [-0.25, -0.2) is 0 Å². The number of ether oxygens (including phenoxy) is 2. The van der Waals surface area contributed by atoms with Crippen LogP contribution in [0, 0.1) is 0 Å². The fourth-order valence-electron chi connectivity index (χ4n) is 3.13. The summed E-state index contributed by atoms with van der Waals surface area (Å²) >= 11 is 0. The molecule has 31 heavy (non-hydrogen) atoms. The fourth-order valence-corrected chi connectivity index (χ4v) is 3.13. The van der Waals surface area contributed by atoms with E-state index in [1.807, 2.05) is 60.7 Å². The summed E-state index contributed by atoms with van der Waals surface area (Å²) in [6, 6.07) is 23.6. The maximum absolute atomic E-state index is 12.3. The molecule has 0 radical (unpaired) electrons. The van der Waals surface area contributed by atoms with E-state index in [0.29, 0.717) is 18.1 Å². The Morgan fingerprint density at radius 1 is 0.935 bits per heavy atom. The van der Waals surface area contributed by atoms with Crippen molar-refractivity contribution >= 4 is 17.7 Å². The molecule has 0 bridgehead atoms. The predicted molar refractivity (Wildman–Crippen MR) is 126 cm³/mol. The van der Waals surface area contributed by atoms with Crippen molar-refractivity contribution in [3.63, 3.8) is 0 Å². The van der Waals surface area contributed by atoms with Gasteiger partial charge >= 0.3 is 0 Å².